The number of carboxylic acid groups (broad SMARTS) is 4. The average Bonchev–Trinajstić information content (AvgIpc) is 3.72. The summed E-state index contributed by atoms with van der Waals surface area (Å²) in [6.45, 7) is -1.93. The Kier molecular flexibility index (Phi) is 25.4. The molecule has 31 heteroatoms. The predicted molar refractivity (Wildman–Crippen MR) is 255 cm³/mol. The van der Waals surface area contributed by atoms with E-state index < -0.39 is 110 Å². The Bertz CT molecular complexity index is 2090. The number of nitrogens with zero attached hydrogens (tertiary/aromatic N) is 6. The standard InChI is InChI=1S/C42H66BN13O17/c44-42(45)46-7-1-2-29(50-33(59)22-52-8-10-53(23-36(63)64)12-14-55(25-38(67)68)15-13-54(11-9-52)24-37(65)66)40(70)48-19-32(58)51-30(17-35(61)62)41(71)47-18-26-3-5-27(6-4-26)39(69)49-20-34(60)56-21-28(57)16-31(56)43(72)73/h3-6,28-31,57,72-73H,1-2,7-25H2,(H,47,71)(H,48,70)(H,49,69)(H,50,59)(H,51,58)(H,61,62)(H,63,64)(H,65,66)(H,67,68)(H4,44,45,46)/t28?,29?,30-,31?/m0/s1. The van der Waals surface area contributed by atoms with Gasteiger partial charge in [-0.15, -0.1) is 0 Å². The van der Waals surface area contributed by atoms with Crippen LogP contribution >= 0.6 is 0 Å². The molecule has 2 saturated heterocycles. The quantitative estimate of drug-likeness (QED) is 0.0177. The summed E-state index contributed by atoms with van der Waals surface area (Å²) in [5.41, 5.74) is 11.4. The number of hydrogen-bond donors (Lipinski definition) is 14. The first-order chi connectivity index (χ1) is 34.5. The van der Waals surface area contributed by atoms with Crippen molar-refractivity contribution in [3.8, 4) is 0 Å². The molecule has 2 heterocycles. The van der Waals surface area contributed by atoms with Gasteiger partial charge < -0.3 is 78.5 Å². The van der Waals surface area contributed by atoms with Gasteiger partial charge >= 0.3 is 31.0 Å². The van der Waals surface area contributed by atoms with Crippen LogP contribution in [0.4, 0.5) is 0 Å². The fourth-order valence-corrected chi connectivity index (χ4v) is 7.78. The molecule has 3 rings (SSSR count). The molecule has 404 valence electrons. The number of β-amino-alcohol motifs (C(OH)–C–C–N with tert-alkyl or cyclic N) is 1. The number of nitrogens with one attached hydrogen (secondary N) is 5. The van der Waals surface area contributed by atoms with Crippen molar-refractivity contribution in [2.75, 3.05) is 105 Å². The van der Waals surface area contributed by atoms with Crippen LogP contribution in [0.2, 0.25) is 0 Å². The van der Waals surface area contributed by atoms with E-state index >= 15 is 0 Å². The molecule has 3 unspecified atom stereocenters. The van der Waals surface area contributed by atoms with E-state index in [0.717, 1.165) is 4.90 Å². The smallest absolute Gasteiger partial charge is 0.475 e. The maximum atomic E-state index is 13.6. The molecule has 0 radical (unpaired) electrons. The maximum absolute atomic E-state index is 13.6. The summed E-state index contributed by atoms with van der Waals surface area (Å²) < 4.78 is 0. The van der Waals surface area contributed by atoms with Crippen LogP contribution in [0.5, 0.6) is 0 Å². The number of likely N-dealkylation sites (tertiary alicyclic amines) is 1. The van der Waals surface area contributed by atoms with Crippen LogP contribution in [-0.2, 0) is 49.7 Å². The molecule has 1 aromatic rings. The van der Waals surface area contributed by atoms with Crippen molar-refractivity contribution in [3.63, 3.8) is 0 Å². The van der Waals surface area contributed by atoms with Gasteiger partial charge in [0.2, 0.25) is 29.5 Å². The number of aliphatic hydroxyl groups is 1. The topological polar surface area (TPSA) is 453 Å². The van der Waals surface area contributed by atoms with E-state index in [0.29, 0.717) is 5.56 Å². The second-order valence-corrected chi connectivity index (χ2v) is 17.3. The zero-order chi connectivity index (χ0) is 54.2. The van der Waals surface area contributed by atoms with Gasteiger partial charge in [-0.25, -0.2) is 0 Å². The van der Waals surface area contributed by atoms with Crippen LogP contribution in [0.1, 0.15) is 41.6 Å². The van der Waals surface area contributed by atoms with Gasteiger partial charge in [-0.05, 0) is 37.0 Å². The van der Waals surface area contributed by atoms with E-state index in [2.05, 4.69) is 31.6 Å². The summed E-state index contributed by atoms with van der Waals surface area (Å²) in [5, 5.41) is 79.0. The number of amides is 6. The molecule has 6 amide bonds. The lowest BCUT2D eigenvalue weighted by molar-refractivity contribution is -0.141. The van der Waals surface area contributed by atoms with Crippen molar-refractivity contribution in [1.82, 2.24) is 51.1 Å². The minimum absolute atomic E-state index is 0.0426. The van der Waals surface area contributed by atoms with Crippen LogP contribution < -0.4 is 38.1 Å². The molecule has 0 bridgehead atoms. The van der Waals surface area contributed by atoms with Gasteiger partial charge in [0.25, 0.3) is 5.91 Å². The fraction of sp³-hybridized carbons (Fsp3) is 0.595. The molecule has 2 fully saturated rings. The Balaban J connectivity index is 1.62. The second kappa shape index (κ2) is 30.8. The van der Waals surface area contributed by atoms with Gasteiger partial charge in [-0.1, -0.05) is 12.1 Å². The second-order valence-electron chi connectivity index (χ2n) is 17.3. The molecule has 30 nitrogen and oxygen atoms in total. The van der Waals surface area contributed by atoms with E-state index in [-0.39, 0.29) is 129 Å². The van der Waals surface area contributed by atoms with Crippen LogP contribution in [-0.4, -0.2) is 261 Å². The Labute approximate surface area is 419 Å². The molecule has 0 saturated carbocycles. The Morgan fingerprint density at radius 3 is 1.62 bits per heavy atom. The highest BCUT2D eigenvalue weighted by molar-refractivity contribution is 6.43. The predicted octanol–water partition coefficient (Wildman–Crippen LogP) is -7.90. The average molecular weight is 1040 g/mol. The summed E-state index contributed by atoms with van der Waals surface area (Å²) in [6, 6.07) is 2.78. The summed E-state index contributed by atoms with van der Waals surface area (Å²) in [6.07, 6.45) is -1.73. The van der Waals surface area contributed by atoms with Gasteiger partial charge in [-0.2, -0.15) is 0 Å². The van der Waals surface area contributed by atoms with Crippen molar-refractivity contribution in [3.05, 3.63) is 35.4 Å². The number of aliphatic imine (C=N–C) groups is 1. The van der Waals surface area contributed by atoms with E-state index in [9.17, 15) is 83.5 Å². The van der Waals surface area contributed by atoms with Crippen LogP contribution in [0.3, 0.4) is 0 Å². The molecule has 16 N–H and O–H groups in total. The van der Waals surface area contributed by atoms with Gasteiger partial charge in [0.1, 0.15) is 12.1 Å². The highest BCUT2D eigenvalue weighted by atomic mass is 16.4. The lowest BCUT2D eigenvalue weighted by atomic mass is 9.77. The number of aliphatic hydroxyl groups excluding tert-OH is 1. The van der Waals surface area contributed by atoms with Crippen molar-refractivity contribution in [2.45, 2.75) is 56.4 Å². The number of carboxylic acids is 4. The molecule has 2 aliphatic heterocycles. The normalized spacial score (nSPS) is 18.1. The molecule has 0 spiro atoms. The molecule has 1 aromatic carbocycles. The van der Waals surface area contributed by atoms with Gasteiger partial charge in [0.15, 0.2) is 5.96 Å². The largest absolute Gasteiger partial charge is 0.481 e. The lowest BCUT2D eigenvalue weighted by Crippen LogP contribution is -2.54. The molecular weight excluding hydrogens is 969 g/mol. The van der Waals surface area contributed by atoms with Gasteiger partial charge in [0, 0.05) is 77.6 Å². The van der Waals surface area contributed by atoms with Crippen LogP contribution in [0.25, 0.3) is 0 Å². The third-order valence-electron chi connectivity index (χ3n) is 11.5. The molecule has 2 aliphatic rings. The highest BCUT2D eigenvalue weighted by Crippen LogP contribution is 2.19. The van der Waals surface area contributed by atoms with E-state index in [1.807, 2.05) is 0 Å². The number of benzene rings is 1. The summed E-state index contributed by atoms with van der Waals surface area (Å²) in [5.74, 6) is -10.8. The minimum Gasteiger partial charge on any atom is -0.481 e. The van der Waals surface area contributed by atoms with E-state index in [1.165, 1.54) is 24.3 Å². The SMILES string of the molecule is NC(N)=NCCCC(NC(=O)CN1CCN(CC(=O)O)CCN(CC(=O)O)CCN(CC(=O)O)CC1)C(=O)NCC(=O)N[C@@H](CC(=O)O)C(=O)NCc1ccc(C(=O)NCC(=O)N2CC(O)CC2B(O)O)cc1. The first-order valence-corrected chi connectivity index (χ1v) is 23.2. The van der Waals surface area contributed by atoms with Gasteiger partial charge in [0.05, 0.1) is 57.7 Å². The number of guanidine groups is 1. The third-order valence-corrected chi connectivity index (χ3v) is 11.5. The number of rotatable bonds is 26. The number of carbonyl (C=O) groups excluding carboxylic acids is 6. The van der Waals surface area contributed by atoms with Crippen LogP contribution in [0, 0.1) is 0 Å². The summed E-state index contributed by atoms with van der Waals surface area (Å²) in [4.78, 5) is 136. The lowest BCUT2D eigenvalue weighted by Gasteiger charge is -2.33. The number of carbonyl (C=O) groups is 10. The molecule has 0 aliphatic carbocycles. The number of hydrogen-bond acceptors (Lipinski definition) is 18. The maximum Gasteiger partial charge on any atom is 0.475 e. The Hall–Kier alpha value is -7.03. The minimum atomic E-state index is -1.88. The molecule has 0 aromatic heterocycles. The van der Waals surface area contributed by atoms with Crippen molar-refractivity contribution in [1.29, 1.82) is 0 Å². The van der Waals surface area contributed by atoms with Gasteiger partial charge in [-0.3, -0.25) is 72.5 Å². The van der Waals surface area contributed by atoms with Crippen molar-refractivity contribution < 1.29 is 83.5 Å². The summed E-state index contributed by atoms with van der Waals surface area (Å²) >= 11 is 0. The Morgan fingerprint density at radius 2 is 1.14 bits per heavy atom. The first kappa shape index (κ1) is 60.3. The summed E-state index contributed by atoms with van der Waals surface area (Å²) in [7, 11) is -1.88. The number of aliphatic carboxylic acids is 4. The third kappa shape index (κ3) is 23.4. The fourth-order valence-electron chi connectivity index (χ4n) is 7.78. The molecule has 73 heavy (non-hydrogen) atoms. The monoisotopic (exact) mass is 1040 g/mol. The van der Waals surface area contributed by atoms with Crippen molar-refractivity contribution >= 4 is 72.4 Å². The van der Waals surface area contributed by atoms with Crippen molar-refractivity contribution in [2.24, 2.45) is 16.5 Å². The van der Waals surface area contributed by atoms with E-state index in [4.69, 9.17) is 11.5 Å². The zero-order valence-corrected chi connectivity index (χ0v) is 40.1. The highest BCUT2D eigenvalue weighted by Gasteiger charge is 2.41. The zero-order valence-electron chi connectivity index (χ0n) is 40.1. The molecule has 4 atom stereocenters. The van der Waals surface area contributed by atoms with Crippen LogP contribution in [0.15, 0.2) is 29.3 Å². The first-order valence-electron chi connectivity index (χ1n) is 23.2. The molecular formula is C42H66BN13O17. The number of nitrogens with two attached hydrogens (primary N) is 2. The Morgan fingerprint density at radius 1 is 0.644 bits per heavy atom. The van der Waals surface area contributed by atoms with E-state index in [1.54, 1.807) is 19.6 Å².